The second-order valence-corrected chi connectivity index (χ2v) is 4.71. The predicted molar refractivity (Wildman–Crippen MR) is 74.4 cm³/mol. The van der Waals surface area contributed by atoms with Gasteiger partial charge in [0.15, 0.2) is 0 Å². The van der Waals surface area contributed by atoms with Crippen LogP contribution in [0.4, 0.5) is 5.69 Å². The molecule has 1 aromatic carbocycles. The van der Waals surface area contributed by atoms with Crippen LogP contribution in [-0.4, -0.2) is 37.6 Å². The highest BCUT2D eigenvalue weighted by molar-refractivity contribution is 6.32. The number of benzene rings is 1. The van der Waals surface area contributed by atoms with Crippen molar-refractivity contribution in [3.8, 4) is 5.75 Å². The predicted octanol–water partition coefficient (Wildman–Crippen LogP) is 2.63. The summed E-state index contributed by atoms with van der Waals surface area (Å²) < 4.78 is 5.11. The van der Waals surface area contributed by atoms with Gasteiger partial charge in [-0.2, -0.15) is 0 Å². The Morgan fingerprint density at radius 2 is 2.17 bits per heavy atom. The van der Waals surface area contributed by atoms with E-state index in [-0.39, 0.29) is 18.5 Å². The summed E-state index contributed by atoms with van der Waals surface area (Å²) in [6, 6.07) is 5.51. The highest BCUT2D eigenvalue weighted by Gasteiger charge is 2.11. The lowest BCUT2D eigenvalue weighted by molar-refractivity contribution is -0.129. The van der Waals surface area contributed by atoms with Gasteiger partial charge in [-0.1, -0.05) is 11.6 Å². The minimum Gasteiger partial charge on any atom is -0.495 e. The maximum Gasteiger partial charge on any atom is 0.241 e. The molecule has 100 valence electrons. The Morgan fingerprint density at radius 3 is 2.72 bits per heavy atom. The largest absolute Gasteiger partial charge is 0.495 e. The number of anilines is 1. The normalized spacial score (nSPS) is 10.3. The van der Waals surface area contributed by atoms with E-state index in [2.05, 4.69) is 5.32 Å². The lowest BCUT2D eigenvalue weighted by Gasteiger charge is -2.21. The van der Waals surface area contributed by atoms with Gasteiger partial charge in [-0.3, -0.25) is 4.79 Å². The van der Waals surface area contributed by atoms with E-state index < -0.39 is 0 Å². The average molecular weight is 271 g/mol. The Hall–Kier alpha value is -1.42. The van der Waals surface area contributed by atoms with Crippen LogP contribution in [0.25, 0.3) is 0 Å². The number of methoxy groups -OCH3 is 1. The quantitative estimate of drug-likeness (QED) is 0.894. The molecule has 0 unspecified atom stereocenters. The molecular formula is C13H19ClN2O2. The minimum absolute atomic E-state index is 0.0407. The second kappa shape index (κ2) is 6.50. The fraction of sp³-hybridized carbons (Fsp3) is 0.462. The number of carbonyl (C=O) groups excluding carboxylic acids is 1. The molecule has 0 aliphatic heterocycles. The first-order valence-corrected chi connectivity index (χ1v) is 6.16. The van der Waals surface area contributed by atoms with Crippen LogP contribution in [0.5, 0.6) is 5.75 Å². The maximum atomic E-state index is 11.8. The van der Waals surface area contributed by atoms with Gasteiger partial charge in [0.1, 0.15) is 5.75 Å². The first-order chi connectivity index (χ1) is 8.45. The van der Waals surface area contributed by atoms with Crippen molar-refractivity contribution >= 4 is 23.2 Å². The maximum absolute atomic E-state index is 11.8. The standard InChI is InChI=1S/C13H19ClN2O2/c1-9(2)16(3)13(17)8-15-10-5-6-11(14)12(7-10)18-4/h5-7,9,15H,8H2,1-4H3. The van der Waals surface area contributed by atoms with Crippen LogP contribution in [-0.2, 0) is 4.79 Å². The lowest BCUT2D eigenvalue weighted by atomic mass is 10.3. The first kappa shape index (κ1) is 14.6. The molecule has 0 atom stereocenters. The molecule has 1 aromatic rings. The molecule has 0 fully saturated rings. The summed E-state index contributed by atoms with van der Waals surface area (Å²) in [6.07, 6.45) is 0. The Bertz CT molecular complexity index is 421. The van der Waals surface area contributed by atoms with Crippen molar-refractivity contribution < 1.29 is 9.53 Å². The third-order valence-corrected chi connectivity index (χ3v) is 3.08. The molecule has 1 N–H and O–H groups in total. The van der Waals surface area contributed by atoms with Crippen LogP contribution >= 0.6 is 11.6 Å². The molecule has 0 bridgehead atoms. The van der Waals surface area contributed by atoms with E-state index in [0.29, 0.717) is 10.8 Å². The molecule has 0 saturated carbocycles. The summed E-state index contributed by atoms with van der Waals surface area (Å²) >= 11 is 5.92. The smallest absolute Gasteiger partial charge is 0.241 e. The average Bonchev–Trinajstić information content (AvgIpc) is 2.36. The van der Waals surface area contributed by atoms with Crippen molar-refractivity contribution in [2.24, 2.45) is 0 Å². The summed E-state index contributed by atoms with van der Waals surface area (Å²) in [5.41, 5.74) is 0.807. The summed E-state index contributed by atoms with van der Waals surface area (Å²) in [7, 11) is 3.35. The number of carbonyl (C=O) groups is 1. The molecule has 0 aromatic heterocycles. The number of amides is 1. The third kappa shape index (κ3) is 3.81. The van der Waals surface area contributed by atoms with Gasteiger partial charge in [0, 0.05) is 24.8 Å². The lowest BCUT2D eigenvalue weighted by Crippen LogP contribution is -2.37. The molecular weight excluding hydrogens is 252 g/mol. The zero-order valence-electron chi connectivity index (χ0n) is 11.2. The van der Waals surface area contributed by atoms with Gasteiger partial charge >= 0.3 is 0 Å². The number of rotatable bonds is 5. The van der Waals surface area contributed by atoms with Gasteiger partial charge < -0.3 is 15.0 Å². The molecule has 0 aliphatic rings. The van der Waals surface area contributed by atoms with E-state index in [9.17, 15) is 4.79 Å². The fourth-order valence-electron chi connectivity index (χ4n) is 1.36. The van der Waals surface area contributed by atoms with Crippen molar-refractivity contribution in [1.82, 2.24) is 4.90 Å². The summed E-state index contributed by atoms with van der Waals surface area (Å²) in [6.45, 7) is 4.20. The Kier molecular flexibility index (Phi) is 5.28. The van der Waals surface area contributed by atoms with E-state index in [0.717, 1.165) is 5.69 Å². The van der Waals surface area contributed by atoms with Crippen molar-refractivity contribution in [2.45, 2.75) is 19.9 Å². The zero-order valence-corrected chi connectivity index (χ0v) is 11.9. The summed E-state index contributed by atoms with van der Waals surface area (Å²) in [5.74, 6) is 0.630. The van der Waals surface area contributed by atoms with Crippen LogP contribution in [0.1, 0.15) is 13.8 Å². The number of hydrogen-bond donors (Lipinski definition) is 1. The van der Waals surface area contributed by atoms with E-state index in [4.69, 9.17) is 16.3 Å². The van der Waals surface area contributed by atoms with Gasteiger partial charge in [-0.05, 0) is 26.0 Å². The van der Waals surface area contributed by atoms with Gasteiger partial charge in [-0.15, -0.1) is 0 Å². The van der Waals surface area contributed by atoms with Gasteiger partial charge in [0.2, 0.25) is 5.91 Å². The Morgan fingerprint density at radius 1 is 1.50 bits per heavy atom. The SMILES string of the molecule is COc1cc(NCC(=O)N(C)C(C)C)ccc1Cl. The molecule has 0 spiro atoms. The number of halogens is 1. The van der Waals surface area contributed by atoms with Crippen LogP contribution in [0.2, 0.25) is 5.02 Å². The molecule has 1 amide bonds. The highest BCUT2D eigenvalue weighted by Crippen LogP contribution is 2.27. The first-order valence-electron chi connectivity index (χ1n) is 5.78. The molecule has 0 saturated heterocycles. The number of nitrogens with one attached hydrogen (secondary N) is 1. The number of ether oxygens (including phenoxy) is 1. The molecule has 5 heteroatoms. The molecule has 18 heavy (non-hydrogen) atoms. The number of nitrogens with zero attached hydrogens (tertiary/aromatic N) is 1. The van der Waals surface area contributed by atoms with Crippen LogP contribution < -0.4 is 10.1 Å². The van der Waals surface area contributed by atoms with Crippen molar-refractivity contribution in [3.63, 3.8) is 0 Å². The van der Waals surface area contributed by atoms with Gasteiger partial charge in [-0.25, -0.2) is 0 Å². The molecule has 0 radical (unpaired) electrons. The van der Waals surface area contributed by atoms with Crippen LogP contribution in [0.15, 0.2) is 18.2 Å². The second-order valence-electron chi connectivity index (χ2n) is 4.30. The van der Waals surface area contributed by atoms with Gasteiger partial charge in [0.05, 0.1) is 18.7 Å². The van der Waals surface area contributed by atoms with E-state index in [1.807, 2.05) is 19.9 Å². The molecule has 4 nitrogen and oxygen atoms in total. The van der Waals surface area contributed by atoms with Crippen molar-refractivity contribution in [3.05, 3.63) is 23.2 Å². The zero-order chi connectivity index (χ0) is 13.7. The summed E-state index contributed by atoms with van der Waals surface area (Å²) in [4.78, 5) is 13.5. The number of hydrogen-bond acceptors (Lipinski definition) is 3. The Labute approximate surface area is 113 Å². The van der Waals surface area contributed by atoms with Gasteiger partial charge in [0.25, 0.3) is 0 Å². The molecule has 1 rings (SSSR count). The Balaban J connectivity index is 2.61. The van der Waals surface area contributed by atoms with Crippen molar-refractivity contribution in [1.29, 1.82) is 0 Å². The van der Waals surface area contributed by atoms with E-state index in [1.54, 1.807) is 31.2 Å². The fourth-order valence-corrected chi connectivity index (χ4v) is 1.55. The van der Waals surface area contributed by atoms with E-state index in [1.165, 1.54) is 0 Å². The minimum atomic E-state index is 0.0407. The highest BCUT2D eigenvalue weighted by atomic mass is 35.5. The molecule has 0 heterocycles. The third-order valence-electron chi connectivity index (χ3n) is 2.76. The van der Waals surface area contributed by atoms with E-state index >= 15 is 0 Å². The van der Waals surface area contributed by atoms with Crippen LogP contribution in [0, 0.1) is 0 Å². The molecule has 0 aliphatic carbocycles. The van der Waals surface area contributed by atoms with Crippen molar-refractivity contribution in [2.75, 3.05) is 26.0 Å². The summed E-state index contributed by atoms with van der Waals surface area (Å²) in [5, 5.41) is 3.60. The topological polar surface area (TPSA) is 41.6 Å². The number of likely N-dealkylation sites (N-methyl/N-ethyl adjacent to an activating group) is 1. The van der Waals surface area contributed by atoms with Crippen LogP contribution in [0.3, 0.4) is 0 Å². The monoisotopic (exact) mass is 270 g/mol.